The minimum Gasteiger partial charge on any atom is -0.368 e. The zero-order chi connectivity index (χ0) is 18.9. The average molecular weight is 357 g/mol. The number of hydrogen-bond donors (Lipinski definition) is 1. The van der Waals surface area contributed by atoms with E-state index in [0.29, 0.717) is 11.1 Å². The Morgan fingerprint density at radius 1 is 1.23 bits per heavy atom. The number of rotatable bonds is 4. The summed E-state index contributed by atoms with van der Waals surface area (Å²) in [7, 11) is 1.63. The van der Waals surface area contributed by atoms with Crippen LogP contribution in [0.15, 0.2) is 29.5 Å². The Kier molecular flexibility index (Phi) is 5.37. The number of piperazine rings is 1. The van der Waals surface area contributed by atoms with Gasteiger partial charge in [-0.05, 0) is 36.8 Å². The molecule has 1 atom stereocenters. The van der Waals surface area contributed by atoms with Crippen LogP contribution in [0.3, 0.4) is 0 Å². The minimum absolute atomic E-state index is 0.139. The second kappa shape index (κ2) is 7.39. The Morgan fingerprint density at radius 2 is 1.92 bits per heavy atom. The van der Waals surface area contributed by atoms with Crippen LogP contribution in [0.25, 0.3) is 0 Å². The van der Waals surface area contributed by atoms with E-state index in [1.165, 1.54) is 13.0 Å². The average Bonchev–Trinajstić information content (AvgIpc) is 2.63. The van der Waals surface area contributed by atoms with E-state index in [2.05, 4.69) is 47.8 Å². The first-order valence-corrected chi connectivity index (χ1v) is 9.65. The molecular weight excluding hydrogens is 324 g/mol. The molecule has 26 heavy (non-hydrogen) atoms. The first kappa shape index (κ1) is 18.9. The summed E-state index contributed by atoms with van der Waals surface area (Å²) in [6.07, 6.45) is 3.08. The SMILES string of the molecule is CNC(=O)c1ccc(N2CCN(CC3CC(C(C)(C)C)=C3C)CC2)cn1. The van der Waals surface area contributed by atoms with Gasteiger partial charge in [-0.25, -0.2) is 4.98 Å². The number of nitrogens with zero attached hydrogens (tertiary/aromatic N) is 3. The van der Waals surface area contributed by atoms with Gasteiger partial charge in [0.25, 0.3) is 5.91 Å². The highest BCUT2D eigenvalue weighted by Crippen LogP contribution is 2.44. The highest BCUT2D eigenvalue weighted by Gasteiger charge is 2.34. The van der Waals surface area contributed by atoms with Gasteiger partial charge in [0.1, 0.15) is 5.69 Å². The van der Waals surface area contributed by atoms with Crippen molar-refractivity contribution in [1.82, 2.24) is 15.2 Å². The second-order valence-corrected chi connectivity index (χ2v) is 8.58. The summed E-state index contributed by atoms with van der Waals surface area (Å²) in [5, 5.41) is 2.61. The zero-order valence-corrected chi connectivity index (χ0v) is 16.8. The minimum atomic E-state index is -0.139. The monoisotopic (exact) mass is 356 g/mol. The molecule has 1 aliphatic heterocycles. The number of amides is 1. The summed E-state index contributed by atoms with van der Waals surface area (Å²) in [4.78, 5) is 20.8. The molecule has 1 saturated heterocycles. The van der Waals surface area contributed by atoms with Crippen LogP contribution in [0.5, 0.6) is 0 Å². The quantitative estimate of drug-likeness (QED) is 0.843. The predicted octanol–water partition coefficient (Wildman–Crippen LogP) is 2.95. The molecular formula is C21H32N4O. The molecule has 0 bridgehead atoms. The molecule has 1 amide bonds. The molecule has 1 aromatic heterocycles. The van der Waals surface area contributed by atoms with Gasteiger partial charge < -0.3 is 10.2 Å². The van der Waals surface area contributed by atoms with Gasteiger partial charge in [0.15, 0.2) is 0 Å². The van der Waals surface area contributed by atoms with Crippen LogP contribution in [0.1, 0.15) is 44.6 Å². The smallest absolute Gasteiger partial charge is 0.269 e. The molecule has 1 aliphatic carbocycles. The number of carbonyl (C=O) groups excluding carboxylic acids is 1. The van der Waals surface area contributed by atoms with E-state index >= 15 is 0 Å². The van der Waals surface area contributed by atoms with Gasteiger partial charge in [0, 0.05) is 39.8 Å². The van der Waals surface area contributed by atoms with E-state index < -0.39 is 0 Å². The number of anilines is 1. The van der Waals surface area contributed by atoms with Gasteiger partial charge in [0.2, 0.25) is 0 Å². The number of aromatic nitrogens is 1. The fraction of sp³-hybridized carbons (Fsp3) is 0.619. The Hall–Kier alpha value is -1.88. The molecule has 0 spiro atoms. The van der Waals surface area contributed by atoms with Crippen molar-refractivity contribution >= 4 is 11.6 Å². The molecule has 1 N–H and O–H groups in total. The summed E-state index contributed by atoms with van der Waals surface area (Å²) in [5.74, 6) is 0.601. The van der Waals surface area contributed by atoms with Crippen molar-refractivity contribution in [2.24, 2.45) is 11.3 Å². The standard InChI is InChI=1S/C21H32N4O/c1-15-16(12-18(15)21(2,3)4)14-24-8-10-25(11-9-24)17-6-7-19(23-13-17)20(26)22-5/h6-7,13,16H,8-12,14H2,1-5H3,(H,22,26). The zero-order valence-electron chi connectivity index (χ0n) is 16.8. The number of nitrogens with one attached hydrogen (secondary N) is 1. The third kappa shape index (κ3) is 3.93. The molecule has 1 aromatic rings. The Morgan fingerprint density at radius 3 is 2.42 bits per heavy atom. The van der Waals surface area contributed by atoms with Crippen LogP contribution >= 0.6 is 0 Å². The summed E-state index contributed by atoms with van der Waals surface area (Å²) in [5.41, 5.74) is 5.17. The van der Waals surface area contributed by atoms with Crippen LogP contribution in [0.4, 0.5) is 5.69 Å². The van der Waals surface area contributed by atoms with Crippen LogP contribution in [0, 0.1) is 11.3 Å². The van der Waals surface area contributed by atoms with Crippen molar-refractivity contribution in [2.45, 2.75) is 34.1 Å². The first-order chi connectivity index (χ1) is 12.3. The largest absolute Gasteiger partial charge is 0.368 e. The topological polar surface area (TPSA) is 48.5 Å². The number of pyridine rings is 1. The fourth-order valence-corrected chi connectivity index (χ4v) is 4.11. The van der Waals surface area contributed by atoms with Gasteiger partial charge in [-0.1, -0.05) is 31.9 Å². The normalized spacial score (nSPS) is 21.6. The van der Waals surface area contributed by atoms with Crippen molar-refractivity contribution in [3.05, 3.63) is 35.2 Å². The number of hydrogen-bond acceptors (Lipinski definition) is 4. The first-order valence-electron chi connectivity index (χ1n) is 9.65. The van der Waals surface area contributed by atoms with Gasteiger partial charge in [0.05, 0.1) is 11.9 Å². The fourth-order valence-electron chi connectivity index (χ4n) is 4.11. The number of carbonyl (C=O) groups is 1. The Bertz CT molecular complexity index is 679. The maximum Gasteiger partial charge on any atom is 0.269 e. The maximum atomic E-state index is 11.6. The molecule has 0 radical (unpaired) electrons. The molecule has 2 aliphatic rings. The van der Waals surface area contributed by atoms with Crippen LogP contribution in [-0.4, -0.2) is 55.6 Å². The highest BCUT2D eigenvalue weighted by atomic mass is 16.1. The van der Waals surface area contributed by atoms with E-state index in [1.807, 2.05) is 12.3 Å². The second-order valence-electron chi connectivity index (χ2n) is 8.58. The Balaban J connectivity index is 1.51. The molecule has 2 heterocycles. The molecule has 0 saturated carbocycles. The van der Waals surface area contributed by atoms with Crippen molar-refractivity contribution in [1.29, 1.82) is 0 Å². The molecule has 1 fully saturated rings. The van der Waals surface area contributed by atoms with Gasteiger partial charge in [-0.2, -0.15) is 0 Å². The molecule has 3 rings (SSSR count). The summed E-state index contributed by atoms with van der Waals surface area (Å²) < 4.78 is 0. The summed E-state index contributed by atoms with van der Waals surface area (Å²) in [6.45, 7) is 14.7. The van der Waals surface area contributed by atoms with E-state index in [-0.39, 0.29) is 5.91 Å². The molecule has 1 unspecified atom stereocenters. The van der Waals surface area contributed by atoms with E-state index in [4.69, 9.17) is 0 Å². The van der Waals surface area contributed by atoms with Crippen molar-refractivity contribution in [2.75, 3.05) is 44.7 Å². The highest BCUT2D eigenvalue weighted by molar-refractivity contribution is 5.92. The lowest BCUT2D eigenvalue weighted by Gasteiger charge is -2.43. The Labute approximate surface area is 157 Å². The van der Waals surface area contributed by atoms with Crippen LogP contribution in [-0.2, 0) is 0 Å². The van der Waals surface area contributed by atoms with Crippen molar-refractivity contribution in [3.63, 3.8) is 0 Å². The molecule has 142 valence electrons. The molecule has 5 nitrogen and oxygen atoms in total. The van der Waals surface area contributed by atoms with Crippen LogP contribution in [0.2, 0.25) is 0 Å². The lowest BCUT2D eigenvalue weighted by Crippen LogP contribution is -2.49. The van der Waals surface area contributed by atoms with Gasteiger partial charge in [-0.15, -0.1) is 0 Å². The number of allylic oxidation sites excluding steroid dienone is 1. The van der Waals surface area contributed by atoms with E-state index in [9.17, 15) is 4.79 Å². The van der Waals surface area contributed by atoms with Gasteiger partial charge in [-0.3, -0.25) is 9.69 Å². The van der Waals surface area contributed by atoms with E-state index in [0.717, 1.165) is 37.8 Å². The van der Waals surface area contributed by atoms with Gasteiger partial charge >= 0.3 is 0 Å². The summed E-state index contributed by atoms with van der Waals surface area (Å²) >= 11 is 0. The van der Waals surface area contributed by atoms with Crippen molar-refractivity contribution in [3.8, 4) is 0 Å². The van der Waals surface area contributed by atoms with Crippen molar-refractivity contribution < 1.29 is 4.79 Å². The molecule has 5 heteroatoms. The molecule has 0 aromatic carbocycles. The predicted molar refractivity (Wildman–Crippen MR) is 107 cm³/mol. The van der Waals surface area contributed by atoms with E-state index in [1.54, 1.807) is 24.3 Å². The lowest BCUT2D eigenvalue weighted by atomic mass is 9.67. The maximum absolute atomic E-state index is 11.6. The third-order valence-corrected chi connectivity index (χ3v) is 5.87. The summed E-state index contributed by atoms with van der Waals surface area (Å²) in [6, 6.07) is 3.80. The third-order valence-electron chi connectivity index (χ3n) is 5.87. The lowest BCUT2D eigenvalue weighted by molar-refractivity contribution is 0.0958. The van der Waals surface area contributed by atoms with Crippen LogP contribution < -0.4 is 10.2 Å².